The molecule has 1 aliphatic rings. The smallest absolute Gasteiger partial charge is 0.273 e. The van der Waals surface area contributed by atoms with Crippen molar-refractivity contribution in [2.24, 2.45) is 5.41 Å². The number of aliphatic hydroxyl groups excluding tert-OH is 1. The van der Waals surface area contributed by atoms with Crippen molar-refractivity contribution in [1.82, 2.24) is 20.7 Å². The summed E-state index contributed by atoms with van der Waals surface area (Å²) in [5.74, 6) is 1.17. The van der Waals surface area contributed by atoms with E-state index in [4.69, 9.17) is 8.94 Å². The zero-order chi connectivity index (χ0) is 21.3. The summed E-state index contributed by atoms with van der Waals surface area (Å²) in [5.41, 5.74) is 0.992. The van der Waals surface area contributed by atoms with E-state index in [1.54, 1.807) is 13.0 Å². The highest BCUT2D eigenvalue weighted by Gasteiger charge is 2.41. The maximum absolute atomic E-state index is 12.7. The van der Waals surface area contributed by atoms with E-state index >= 15 is 0 Å². The topological polar surface area (TPSA) is 114 Å². The molecule has 0 saturated heterocycles. The third-order valence-corrected chi connectivity index (χ3v) is 5.77. The van der Waals surface area contributed by atoms with Crippen LogP contribution in [-0.4, -0.2) is 32.4 Å². The molecule has 0 spiro atoms. The maximum Gasteiger partial charge on any atom is 0.273 e. The van der Waals surface area contributed by atoms with Crippen LogP contribution < -0.4 is 5.32 Å². The molecule has 3 atom stereocenters. The van der Waals surface area contributed by atoms with Crippen molar-refractivity contribution in [1.29, 1.82) is 0 Å². The van der Waals surface area contributed by atoms with Gasteiger partial charge >= 0.3 is 0 Å². The van der Waals surface area contributed by atoms with Crippen LogP contribution in [0.4, 0.5) is 0 Å². The number of benzene rings is 1. The van der Waals surface area contributed by atoms with Gasteiger partial charge < -0.3 is 19.4 Å². The fourth-order valence-corrected chi connectivity index (χ4v) is 4.16. The van der Waals surface area contributed by atoms with Crippen LogP contribution in [0.5, 0.6) is 0 Å². The minimum absolute atomic E-state index is 0.0137. The Bertz CT molecular complexity index is 1010. The van der Waals surface area contributed by atoms with Crippen LogP contribution in [0, 0.1) is 5.41 Å². The van der Waals surface area contributed by atoms with Crippen LogP contribution in [0.15, 0.2) is 45.3 Å². The average molecular weight is 410 g/mol. The van der Waals surface area contributed by atoms with Crippen LogP contribution in [0.1, 0.15) is 74.3 Å². The second kappa shape index (κ2) is 8.02. The van der Waals surface area contributed by atoms with Crippen molar-refractivity contribution < 1.29 is 18.8 Å². The monoisotopic (exact) mass is 410 g/mol. The lowest BCUT2D eigenvalue weighted by atomic mass is 9.67. The third kappa shape index (κ3) is 4.14. The van der Waals surface area contributed by atoms with Crippen molar-refractivity contribution in [3.8, 4) is 11.3 Å². The molecule has 2 heterocycles. The highest BCUT2D eigenvalue weighted by Crippen LogP contribution is 2.46. The molecular formula is C22H26N4O4. The molecule has 158 valence electrons. The molecule has 30 heavy (non-hydrogen) atoms. The molecular weight excluding hydrogens is 384 g/mol. The van der Waals surface area contributed by atoms with Gasteiger partial charge in [0.1, 0.15) is 6.10 Å². The van der Waals surface area contributed by atoms with Gasteiger partial charge in [0.25, 0.3) is 5.91 Å². The van der Waals surface area contributed by atoms with Gasteiger partial charge in [-0.2, -0.15) is 0 Å². The molecule has 2 aromatic heterocycles. The molecule has 1 unspecified atom stereocenters. The maximum atomic E-state index is 12.7. The number of aromatic nitrogens is 3. The van der Waals surface area contributed by atoms with E-state index < -0.39 is 6.10 Å². The third-order valence-electron chi connectivity index (χ3n) is 5.77. The highest BCUT2D eigenvalue weighted by atomic mass is 16.5. The zero-order valence-corrected chi connectivity index (χ0v) is 17.3. The lowest BCUT2D eigenvalue weighted by Gasteiger charge is -2.40. The Morgan fingerprint density at radius 1 is 1.23 bits per heavy atom. The van der Waals surface area contributed by atoms with Crippen molar-refractivity contribution in [3.63, 3.8) is 0 Å². The lowest BCUT2D eigenvalue weighted by molar-refractivity contribution is 0.0859. The van der Waals surface area contributed by atoms with Crippen LogP contribution in [-0.2, 0) is 0 Å². The summed E-state index contributed by atoms with van der Waals surface area (Å²) < 4.78 is 11.0. The Kier molecular flexibility index (Phi) is 5.42. The van der Waals surface area contributed by atoms with E-state index in [-0.39, 0.29) is 34.9 Å². The Morgan fingerprint density at radius 3 is 2.67 bits per heavy atom. The van der Waals surface area contributed by atoms with Gasteiger partial charge in [-0.05, 0) is 31.6 Å². The molecule has 1 aliphatic carbocycles. The van der Waals surface area contributed by atoms with Crippen molar-refractivity contribution in [2.45, 2.75) is 58.1 Å². The summed E-state index contributed by atoms with van der Waals surface area (Å²) in [4.78, 5) is 12.7. The SMILES string of the molecule is C[C@@H](O)c1nnc([C@@H]2CCC(NC(=O)c3cc(-c4ccccc4)on3)CC2(C)C)o1. The minimum atomic E-state index is -0.784. The standard InChI is InChI=1S/C22H26N4O4/c1-13(27)20-24-25-21(29-20)16-10-9-15(12-22(16,2)3)23-19(28)17-11-18(30-26-17)14-7-5-4-6-8-14/h4-8,11,13,15-16,27H,9-10,12H2,1-3H3,(H,23,28)/t13-,15?,16+/m1/s1. The Morgan fingerprint density at radius 2 is 2.00 bits per heavy atom. The number of nitrogens with one attached hydrogen (secondary N) is 1. The Balaban J connectivity index is 1.40. The zero-order valence-electron chi connectivity index (χ0n) is 17.3. The van der Waals surface area contributed by atoms with E-state index in [1.165, 1.54) is 0 Å². The predicted octanol–water partition coefficient (Wildman–Crippen LogP) is 3.87. The molecule has 1 aromatic carbocycles. The Hall–Kier alpha value is -3.00. The van der Waals surface area contributed by atoms with Gasteiger partial charge in [0.05, 0.1) is 0 Å². The van der Waals surface area contributed by atoms with Gasteiger partial charge in [0.15, 0.2) is 11.5 Å². The number of nitrogens with zero attached hydrogens (tertiary/aromatic N) is 3. The highest BCUT2D eigenvalue weighted by molar-refractivity contribution is 5.93. The molecule has 0 bridgehead atoms. The number of hydrogen-bond acceptors (Lipinski definition) is 7. The van der Waals surface area contributed by atoms with E-state index in [9.17, 15) is 9.90 Å². The normalized spacial score (nSPS) is 21.9. The first-order valence-corrected chi connectivity index (χ1v) is 10.2. The summed E-state index contributed by atoms with van der Waals surface area (Å²) in [6, 6.07) is 11.2. The first kappa shape index (κ1) is 20.3. The summed E-state index contributed by atoms with van der Waals surface area (Å²) >= 11 is 0. The molecule has 0 aliphatic heterocycles. The molecule has 8 nitrogen and oxygen atoms in total. The van der Waals surface area contributed by atoms with Crippen LogP contribution in [0.25, 0.3) is 11.3 Å². The second-order valence-corrected chi connectivity index (χ2v) is 8.59. The number of carbonyl (C=O) groups excluding carboxylic acids is 1. The number of carbonyl (C=O) groups is 1. The van der Waals surface area contributed by atoms with E-state index in [2.05, 4.69) is 34.5 Å². The van der Waals surface area contributed by atoms with E-state index in [1.807, 2.05) is 30.3 Å². The van der Waals surface area contributed by atoms with E-state index in [0.29, 0.717) is 11.7 Å². The summed E-state index contributed by atoms with van der Waals surface area (Å²) in [6.07, 6.45) is 1.57. The molecule has 0 radical (unpaired) electrons. The van der Waals surface area contributed by atoms with Gasteiger partial charge in [0.2, 0.25) is 11.8 Å². The van der Waals surface area contributed by atoms with Gasteiger partial charge in [0, 0.05) is 23.6 Å². The fraction of sp³-hybridized carbons (Fsp3) is 0.455. The number of rotatable bonds is 5. The number of aliphatic hydroxyl groups is 1. The summed E-state index contributed by atoms with van der Waals surface area (Å²) in [6.45, 7) is 5.86. The van der Waals surface area contributed by atoms with Crippen LogP contribution in [0.2, 0.25) is 0 Å². The van der Waals surface area contributed by atoms with Gasteiger partial charge in [-0.1, -0.05) is 49.3 Å². The Labute approximate surface area is 174 Å². The fourth-order valence-electron chi connectivity index (χ4n) is 4.16. The number of amides is 1. The first-order chi connectivity index (χ1) is 14.3. The summed E-state index contributed by atoms with van der Waals surface area (Å²) in [7, 11) is 0. The quantitative estimate of drug-likeness (QED) is 0.656. The predicted molar refractivity (Wildman–Crippen MR) is 108 cm³/mol. The second-order valence-electron chi connectivity index (χ2n) is 8.59. The van der Waals surface area contributed by atoms with Gasteiger partial charge in [-0.25, -0.2) is 0 Å². The van der Waals surface area contributed by atoms with Crippen LogP contribution in [0.3, 0.4) is 0 Å². The number of hydrogen-bond donors (Lipinski definition) is 2. The molecule has 2 N–H and O–H groups in total. The summed E-state index contributed by atoms with van der Waals surface area (Å²) in [5, 5.41) is 24.7. The average Bonchev–Trinajstić information content (AvgIpc) is 3.38. The lowest BCUT2D eigenvalue weighted by Crippen LogP contribution is -2.43. The van der Waals surface area contributed by atoms with Crippen molar-refractivity contribution in [2.75, 3.05) is 0 Å². The van der Waals surface area contributed by atoms with Crippen molar-refractivity contribution in [3.05, 3.63) is 53.9 Å². The van der Waals surface area contributed by atoms with Crippen LogP contribution >= 0.6 is 0 Å². The van der Waals surface area contributed by atoms with Gasteiger partial charge in [-0.3, -0.25) is 4.79 Å². The molecule has 4 rings (SSSR count). The molecule has 3 aromatic rings. The largest absolute Gasteiger partial charge is 0.422 e. The first-order valence-electron chi connectivity index (χ1n) is 10.2. The molecule has 1 saturated carbocycles. The molecule has 1 fully saturated rings. The minimum Gasteiger partial charge on any atom is -0.422 e. The molecule has 1 amide bonds. The van der Waals surface area contributed by atoms with Crippen molar-refractivity contribution >= 4 is 5.91 Å². The molecule has 8 heteroatoms. The van der Waals surface area contributed by atoms with E-state index in [0.717, 1.165) is 24.8 Å². The van der Waals surface area contributed by atoms with Gasteiger partial charge in [-0.15, -0.1) is 10.2 Å².